The zero-order valence-electron chi connectivity index (χ0n) is 15.5. The van der Waals surface area contributed by atoms with Gasteiger partial charge in [-0.25, -0.2) is 9.78 Å². The van der Waals surface area contributed by atoms with Crippen molar-refractivity contribution in [1.29, 1.82) is 0 Å². The number of rotatable bonds is 3. The predicted molar refractivity (Wildman–Crippen MR) is 105 cm³/mol. The molecule has 28 heavy (non-hydrogen) atoms. The number of hydrogen-bond donors (Lipinski definition) is 1. The summed E-state index contributed by atoms with van der Waals surface area (Å²) in [6.07, 6.45) is -0.0553. The van der Waals surface area contributed by atoms with Crippen LogP contribution in [-0.4, -0.2) is 76.9 Å². The summed E-state index contributed by atoms with van der Waals surface area (Å²) in [5.74, 6) is -0.273. The van der Waals surface area contributed by atoms with E-state index in [9.17, 15) is 14.4 Å². The second-order valence-electron chi connectivity index (χ2n) is 6.85. The summed E-state index contributed by atoms with van der Waals surface area (Å²) in [7, 11) is 1.47. The number of nitrogens with zero attached hydrogens (tertiary/aromatic N) is 4. The van der Waals surface area contributed by atoms with Crippen molar-refractivity contribution in [3.05, 3.63) is 41.4 Å². The molecule has 1 aromatic carbocycles. The lowest BCUT2D eigenvalue weighted by Gasteiger charge is -2.41. The molecule has 146 valence electrons. The van der Waals surface area contributed by atoms with Crippen molar-refractivity contribution in [3.63, 3.8) is 0 Å². The standard InChI is InChI=1S/C19H21N5O3S/c1-22-16(25)11-15(21-19(22)27)23-7-9-24(10-8-23)18(26)14-12-28-17(20-14)13-5-3-2-4-6-13/h2-6,12,15H,7-11H2,1H3,(H,21,27). The molecule has 9 heteroatoms. The Morgan fingerprint density at radius 3 is 2.54 bits per heavy atom. The van der Waals surface area contributed by atoms with Crippen LogP contribution in [0.25, 0.3) is 10.6 Å². The summed E-state index contributed by atoms with van der Waals surface area (Å²) in [6, 6.07) is 9.42. The van der Waals surface area contributed by atoms with E-state index in [1.54, 1.807) is 10.3 Å². The number of imide groups is 1. The van der Waals surface area contributed by atoms with E-state index in [0.717, 1.165) is 15.5 Å². The molecule has 0 saturated carbocycles. The Bertz CT molecular complexity index is 874. The number of benzene rings is 1. The fourth-order valence-electron chi connectivity index (χ4n) is 3.41. The monoisotopic (exact) mass is 399 g/mol. The first-order valence-electron chi connectivity index (χ1n) is 9.14. The molecule has 8 nitrogen and oxygen atoms in total. The maximum absolute atomic E-state index is 12.8. The fraction of sp³-hybridized carbons (Fsp3) is 0.368. The molecule has 2 fully saturated rings. The van der Waals surface area contributed by atoms with Crippen LogP contribution in [-0.2, 0) is 4.79 Å². The maximum Gasteiger partial charge on any atom is 0.325 e. The lowest BCUT2D eigenvalue weighted by molar-refractivity contribution is -0.130. The van der Waals surface area contributed by atoms with Crippen LogP contribution in [0.15, 0.2) is 35.7 Å². The average molecular weight is 399 g/mol. The Balaban J connectivity index is 1.36. The molecule has 1 atom stereocenters. The number of aromatic nitrogens is 1. The summed E-state index contributed by atoms with van der Waals surface area (Å²) in [5, 5.41) is 5.47. The van der Waals surface area contributed by atoms with Crippen LogP contribution in [0, 0.1) is 0 Å². The summed E-state index contributed by atoms with van der Waals surface area (Å²) in [4.78, 5) is 45.9. The van der Waals surface area contributed by atoms with Crippen LogP contribution in [0.2, 0.25) is 0 Å². The summed E-state index contributed by atoms with van der Waals surface area (Å²) in [5.41, 5.74) is 1.46. The molecular weight excluding hydrogens is 378 g/mol. The molecule has 2 saturated heterocycles. The van der Waals surface area contributed by atoms with Crippen molar-refractivity contribution < 1.29 is 14.4 Å². The van der Waals surface area contributed by atoms with E-state index in [1.807, 2.05) is 35.2 Å². The van der Waals surface area contributed by atoms with Gasteiger partial charge in [0.15, 0.2) is 0 Å². The van der Waals surface area contributed by atoms with Crippen molar-refractivity contribution in [2.75, 3.05) is 33.2 Å². The molecule has 0 aliphatic carbocycles. The van der Waals surface area contributed by atoms with Crippen molar-refractivity contribution in [1.82, 2.24) is 25.0 Å². The molecule has 4 rings (SSSR count). The Labute approximate surface area is 166 Å². The van der Waals surface area contributed by atoms with Gasteiger partial charge in [0.2, 0.25) is 5.91 Å². The predicted octanol–water partition coefficient (Wildman–Crippen LogP) is 1.47. The molecule has 1 unspecified atom stereocenters. The minimum Gasteiger partial charge on any atom is -0.335 e. The van der Waals surface area contributed by atoms with Gasteiger partial charge in [-0.15, -0.1) is 11.3 Å². The quantitative estimate of drug-likeness (QED) is 0.845. The van der Waals surface area contributed by atoms with E-state index in [4.69, 9.17) is 0 Å². The second kappa shape index (κ2) is 7.69. The van der Waals surface area contributed by atoms with E-state index in [0.29, 0.717) is 31.9 Å². The van der Waals surface area contributed by atoms with E-state index in [2.05, 4.69) is 10.3 Å². The van der Waals surface area contributed by atoms with Crippen LogP contribution in [0.1, 0.15) is 16.9 Å². The molecule has 0 spiro atoms. The van der Waals surface area contributed by atoms with Gasteiger partial charge in [-0.05, 0) is 0 Å². The van der Waals surface area contributed by atoms with Gasteiger partial charge in [-0.1, -0.05) is 30.3 Å². The lowest BCUT2D eigenvalue weighted by atomic mass is 10.2. The summed E-state index contributed by atoms with van der Waals surface area (Å²) >= 11 is 1.46. The van der Waals surface area contributed by atoms with Crippen LogP contribution < -0.4 is 5.32 Å². The molecule has 2 aromatic rings. The Morgan fingerprint density at radius 1 is 1.14 bits per heavy atom. The minimum atomic E-state index is -0.379. The largest absolute Gasteiger partial charge is 0.335 e. The first-order valence-corrected chi connectivity index (χ1v) is 10.0. The number of urea groups is 1. The lowest BCUT2D eigenvalue weighted by Crippen LogP contribution is -2.62. The van der Waals surface area contributed by atoms with Crippen molar-refractivity contribution >= 4 is 29.2 Å². The van der Waals surface area contributed by atoms with Crippen LogP contribution in [0.4, 0.5) is 4.79 Å². The Kier molecular flexibility index (Phi) is 5.10. The Morgan fingerprint density at radius 2 is 1.86 bits per heavy atom. The Hall–Kier alpha value is -2.78. The maximum atomic E-state index is 12.8. The molecular formula is C19H21N5O3S. The van der Waals surface area contributed by atoms with Crippen molar-refractivity contribution in [2.24, 2.45) is 0 Å². The number of piperazine rings is 1. The number of nitrogens with one attached hydrogen (secondary N) is 1. The molecule has 0 radical (unpaired) electrons. The average Bonchev–Trinajstić information content (AvgIpc) is 3.22. The third-order valence-electron chi connectivity index (χ3n) is 5.12. The number of carbonyl (C=O) groups excluding carboxylic acids is 3. The third kappa shape index (κ3) is 3.63. The zero-order chi connectivity index (χ0) is 19.7. The SMILES string of the molecule is CN1C(=O)CC(N2CCN(C(=O)c3csc(-c4ccccc4)n3)CC2)NC1=O. The highest BCUT2D eigenvalue weighted by Gasteiger charge is 2.35. The van der Waals surface area contributed by atoms with Crippen molar-refractivity contribution in [2.45, 2.75) is 12.6 Å². The highest BCUT2D eigenvalue weighted by atomic mass is 32.1. The van der Waals surface area contributed by atoms with Gasteiger partial charge in [-0.2, -0.15) is 0 Å². The number of amides is 4. The topological polar surface area (TPSA) is 85.8 Å². The van der Waals surface area contributed by atoms with Crippen LogP contribution in [0.5, 0.6) is 0 Å². The first kappa shape index (κ1) is 18.6. The number of thiazole rings is 1. The molecule has 0 bridgehead atoms. The van der Waals surface area contributed by atoms with Crippen molar-refractivity contribution in [3.8, 4) is 10.6 Å². The summed E-state index contributed by atoms with van der Waals surface area (Å²) < 4.78 is 0. The van der Waals surface area contributed by atoms with Gasteiger partial charge >= 0.3 is 6.03 Å². The summed E-state index contributed by atoms with van der Waals surface area (Å²) in [6.45, 7) is 2.27. The number of hydrogen-bond acceptors (Lipinski definition) is 6. The molecule has 3 heterocycles. The van der Waals surface area contributed by atoms with E-state index < -0.39 is 0 Å². The highest BCUT2D eigenvalue weighted by molar-refractivity contribution is 7.13. The van der Waals surface area contributed by atoms with E-state index in [1.165, 1.54) is 18.4 Å². The van der Waals surface area contributed by atoms with Crippen LogP contribution >= 0.6 is 11.3 Å². The normalized spacial score (nSPS) is 21.0. The van der Waals surface area contributed by atoms with Gasteiger partial charge in [0, 0.05) is 44.2 Å². The molecule has 2 aliphatic rings. The fourth-order valence-corrected chi connectivity index (χ4v) is 4.21. The van der Waals surface area contributed by atoms with E-state index in [-0.39, 0.29) is 30.4 Å². The molecule has 4 amide bonds. The number of carbonyl (C=O) groups is 3. The molecule has 1 N–H and O–H groups in total. The van der Waals surface area contributed by atoms with Gasteiger partial charge in [0.1, 0.15) is 10.7 Å². The zero-order valence-corrected chi connectivity index (χ0v) is 16.3. The van der Waals surface area contributed by atoms with Gasteiger partial charge < -0.3 is 10.2 Å². The smallest absolute Gasteiger partial charge is 0.325 e. The van der Waals surface area contributed by atoms with E-state index >= 15 is 0 Å². The minimum absolute atomic E-state index is 0.0819. The van der Waals surface area contributed by atoms with Gasteiger partial charge in [0.05, 0.1) is 12.6 Å². The first-order chi connectivity index (χ1) is 13.5. The van der Waals surface area contributed by atoms with Gasteiger partial charge in [-0.3, -0.25) is 19.4 Å². The van der Waals surface area contributed by atoms with Crippen LogP contribution in [0.3, 0.4) is 0 Å². The third-order valence-corrected chi connectivity index (χ3v) is 6.01. The second-order valence-corrected chi connectivity index (χ2v) is 7.71. The molecule has 1 aromatic heterocycles. The highest BCUT2D eigenvalue weighted by Crippen LogP contribution is 2.24. The molecule has 2 aliphatic heterocycles. The van der Waals surface area contributed by atoms with Gasteiger partial charge in [0.25, 0.3) is 5.91 Å².